The minimum atomic E-state index is -3.70. The van der Waals surface area contributed by atoms with E-state index in [1.807, 2.05) is 4.90 Å². The summed E-state index contributed by atoms with van der Waals surface area (Å²) in [6, 6.07) is 20.7. The number of carbonyl (C=O) groups is 1. The van der Waals surface area contributed by atoms with Crippen molar-refractivity contribution in [1.82, 2.24) is 9.80 Å². The van der Waals surface area contributed by atoms with Gasteiger partial charge in [-0.1, -0.05) is 40.3 Å². The van der Waals surface area contributed by atoms with Gasteiger partial charge >= 0.3 is 0 Å². The summed E-state index contributed by atoms with van der Waals surface area (Å²) in [5.41, 5.74) is 3.65. The summed E-state index contributed by atoms with van der Waals surface area (Å²) in [5.74, 6) is -0.240. The molecule has 2 fully saturated rings. The molecule has 45 heavy (non-hydrogen) atoms. The number of piperazine rings is 1. The first kappa shape index (κ1) is 34.4. The maximum Gasteiger partial charge on any atom is 0.222 e. The van der Waals surface area contributed by atoms with Gasteiger partial charge in [0.15, 0.2) is 0 Å². The standard InChI is InChI=1S/C35H45FN4O3S.CH4/c1-35(2,3)27-6-12-31(13-7-27)39-25-23-38(24-26-39)20-4-5-34(41)40-21-18-30(19-22-40)37-29-10-16-33(17-11-29)44(42,43)32-14-8-28(36)9-15-32;/h6-17,30,37H,4-5,18-26H2,1-3H3;1H4. The molecule has 3 aromatic carbocycles. The number of halogens is 1. The highest BCUT2D eigenvalue weighted by atomic mass is 32.2. The van der Waals surface area contributed by atoms with E-state index in [9.17, 15) is 17.6 Å². The molecule has 9 heteroatoms. The molecule has 1 N–H and O–H groups in total. The smallest absolute Gasteiger partial charge is 0.222 e. The van der Waals surface area contributed by atoms with Gasteiger partial charge in [0, 0.05) is 63.1 Å². The zero-order chi connectivity index (χ0) is 31.3. The van der Waals surface area contributed by atoms with Crippen molar-refractivity contribution < 1.29 is 17.6 Å². The van der Waals surface area contributed by atoms with E-state index >= 15 is 0 Å². The molecule has 2 aliphatic rings. The van der Waals surface area contributed by atoms with E-state index in [1.54, 1.807) is 24.3 Å². The van der Waals surface area contributed by atoms with Crippen LogP contribution < -0.4 is 10.2 Å². The van der Waals surface area contributed by atoms with Crippen molar-refractivity contribution in [3.05, 3.63) is 84.2 Å². The molecule has 0 unspecified atom stereocenters. The van der Waals surface area contributed by atoms with E-state index in [4.69, 9.17) is 0 Å². The van der Waals surface area contributed by atoms with Crippen molar-refractivity contribution >= 4 is 27.1 Å². The summed E-state index contributed by atoms with van der Waals surface area (Å²) < 4.78 is 38.9. The van der Waals surface area contributed by atoms with Crippen LogP contribution in [-0.4, -0.2) is 76.0 Å². The van der Waals surface area contributed by atoms with E-state index < -0.39 is 15.7 Å². The number of hydrogen-bond donors (Lipinski definition) is 1. The van der Waals surface area contributed by atoms with Crippen LogP contribution in [0.1, 0.15) is 59.4 Å². The SMILES string of the molecule is C.CC(C)(C)c1ccc(N2CCN(CCCC(=O)N3CCC(Nc4ccc(S(=O)(=O)c5ccc(F)cc5)cc4)CC3)CC2)cc1. The molecule has 0 saturated carbocycles. The van der Waals surface area contributed by atoms with Gasteiger partial charge in [0.25, 0.3) is 0 Å². The minimum absolute atomic E-state index is 0. The number of nitrogens with zero attached hydrogens (tertiary/aromatic N) is 3. The maximum absolute atomic E-state index is 13.2. The number of amides is 1. The monoisotopic (exact) mass is 636 g/mol. The number of rotatable bonds is 9. The third-order valence-electron chi connectivity index (χ3n) is 8.84. The Kier molecular flexibility index (Phi) is 11.3. The fraction of sp³-hybridized carbons (Fsp3) is 0.472. The Morgan fingerprint density at radius 3 is 1.93 bits per heavy atom. The van der Waals surface area contributed by atoms with Crippen LogP contribution in [0, 0.1) is 5.82 Å². The third-order valence-corrected chi connectivity index (χ3v) is 10.6. The molecule has 2 heterocycles. The minimum Gasteiger partial charge on any atom is -0.382 e. The van der Waals surface area contributed by atoms with E-state index in [1.165, 1.54) is 23.4 Å². The summed E-state index contributed by atoms with van der Waals surface area (Å²) in [6.45, 7) is 13.2. The topological polar surface area (TPSA) is 73.0 Å². The zero-order valence-electron chi connectivity index (χ0n) is 26.1. The van der Waals surface area contributed by atoms with Gasteiger partial charge in [-0.25, -0.2) is 12.8 Å². The van der Waals surface area contributed by atoms with Gasteiger partial charge in [-0.05, 0) is 97.4 Å². The summed E-state index contributed by atoms with van der Waals surface area (Å²) in [7, 11) is -3.70. The quantitative estimate of drug-likeness (QED) is 0.267. The molecule has 2 saturated heterocycles. The summed E-state index contributed by atoms with van der Waals surface area (Å²) in [4.78, 5) is 20.1. The van der Waals surface area contributed by atoms with Gasteiger partial charge in [-0.2, -0.15) is 0 Å². The van der Waals surface area contributed by atoms with Crippen LogP contribution in [0.25, 0.3) is 0 Å². The highest BCUT2D eigenvalue weighted by Gasteiger charge is 2.24. The maximum atomic E-state index is 13.2. The molecule has 0 spiro atoms. The van der Waals surface area contributed by atoms with E-state index in [0.717, 1.165) is 82.9 Å². The first-order valence-electron chi connectivity index (χ1n) is 15.7. The molecule has 7 nitrogen and oxygen atoms in total. The number of piperidine rings is 1. The van der Waals surface area contributed by atoms with E-state index in [0.29, 0.717) is 6.42 Å². The van der Waals surface area contributed by atoms with Gasteiger partial charge in [-0.3, -0.25) is 9.69 Å². The van der Waals surface area contributed by atoms with Crippen LogP contribution >= 0.6 is 0 Å². The Morgan fingerprint density at radius 1 is 0.822 bits per heavy atom. The Hall–Kier alpha value is -3.43. The molecule has 0 aromatic heterocycles. The lowest BCUT2D eigenvalue weighted by Crippen LogP contribution is -2.47. The number of carbonyl (C=O) groups excluding carboxylic acids is 1. The molecule has 5 rings (SSSR count). The molecule has 1 amide bonds. The first-order valence-corrected chi connectivity index (χ1v) is 17.2. The lowest BCUT2D eigenvalue weighted by Gasteiger charge is -2.36. The number of benzene rings is 3. The van der Waals surface area contributed by atoms with Gasteiger partial charge in [0.05, 0.1) is 9.79 Å². The van der Waals surface area contributed by atoms with Gasteiger partial charge in [-0.15, -0.1) is 0 Å². The number of hydrogen-bond acceptors (Lipinski definition) is 6. The molecule has 0 bridgehead atoms. The molecular formula is C36H49FN4O3S. The molecule has 0 atom stereocenters. The fourth-order valence-corrected chi connectivity index (χ4v) is 7.26. The lowest BCUT2D eigenvalue weighted by molar-refractivity contribution is -0.132. The Labute approximate surface area is 269 Å². The van der Waals surface area contributed by atoms with Crippen LogP contribution in [0.3, 0.4) is 0 Å². The lowest BCUT2D eigenvalue weighted by atomic mass is 9.87. The Bertz CT molecular complexity index is 1490. The first-order chi connectivity index (χ1) is 21.0. The largest absolute Gasteiger partial charge is 0.382 e. The Balaban J connectivity index is 0.00000461. The van der Waals surface area contributed by atoms with Crippen LogP contribution in [0.2, 0.25) is 0 Å². The summed E-state index contributed by atoms with van der Waals surface area (Å²) in [5, 5.41) is 3.48. The van der Waals surface area contributed by atoms with Crippen LogP contribution in [0.4, 0.5) is 15.8 Å². The average molecular weight is 637 g/mol. The van der Waals surface area contributed by atoms with Crippen LogP contribution in [-0.2, 0) is 20.0 Å². The van der Waals surface area contributed by atoms with Crippen molar-refractivity contribution in [2.45, 2.75) is 75.1 Å². The molecule has 2 aliphatic heterocycles. The number of nitrogens with one attached hydrogen (secondary N) is 1. The van der Waals surface area contributed by atoms with E-state index in [-0.39, 0.29) is 34.6 Å². The zero-order valence-corrected chi connectivity index (χ0v) is 27.0. The molecule has 0 radical (unpaired) electrons. The predicted octanol–water partition coefficient (Wildman–Crippen LogP) is 6.60. The van der Waals surface area contributed by atoms with Crippen LogP contribution in [0.15, 0.2) is 82.6 Å². The fourth-order valence-electron chi connectivity index (χ4n) is 6.00. The number of anilines is 2. The average Bonchev–Trinajstić information content (AvgIpc) is 3.02. The van der Waals surface area contributed by atoms with Gasteiger partial charge in [0.2, 0.25) is 15.7 Å². The van der Waals surface area contributed by atoms with Crippen molar-refractivity contribution in [3.8, 4) is 0 Å². The second kappa shape index (κ2) is 14.8. The second-order valence-electron chi connectivity index (χ2n) is 13.0. The van der Waals surface area contributed by atoms with Crippen molar-refractivity contribution in [1.29, 1.82) is 0 Å². The highest BCUT2D eigenvalue weighted by Crippen LogP contribution is 2.26. The van der Waals surface area contributed by atoms with Crippen molar-refractivity contribution in [3.63, 3.8) is 0 Å². The van der Waals surface area contributed by atoms with Gasteiger partial charge in [0.1, 0.15) is 5.82 Å². The van der Waals surface area contributed by atoms with Gasteiger partial charge < -0.3 is 15.1 Å². The third kappa shape index (κ3) is 8.85. The van der Waals surface area contributed by atoms with Crippen molar-refractivity contribution in [2.75, 3.05) is 56.0 Å². The Morgan fingerprint density at radius 2 is 1.38 bits per heavy atom. The van der Waals surface area contributed by atoms with E-state index in [2.05, 4.69) is 60.2 Å². The molecule has 244 valence electrons. The summed E-state index contributed by atoms with van der Waals surface area (Å²) in [6.07, 6.45) is 3.15. The molecular weight excluding hydrogens is 587 g/mol. The van der Waals surface area contributed by atoms with Crippen molar-refractivity contribution in [2.24, 2.45) is 0 Å². The second-order valence-corrected chi connectivity index (χ2v) is 15.0. The predicted molar refractivity (Wildman–Crippen MR) is 181 cm³/mol. The van der Waals surface area contributed by atoms with Crippen LogP contribution in [0.5, 0.6) is 0 Å². The molecule has 3 aromatic rings. The summed E-state index contributed by atoms with van der Waals surface area (Å²) >= 11 is 0. The highest BCUT2D eigenvalue weighted by molar-refractivity contribution is 7.91. The number of sulfone groups is 1. The number of likely N-dealkylation sites (tertiary alicyclic amines) is 1. The molecule has 0 aliphatic carbocycles. The normalized spacial score (nSPS) is 16.7.